The van der Waals surface area contributed by atoms with Crippen molar-refractivity contribution in [2.75, 3.05) is 13.2 Å². The molecule has 0 heterocycles. The Morgan fingerprint density at radius 1 is 1.07 bits per heavy atom. The van der Waals surface area contributed by atoms with E-state index in [2.05, 4.69) is 26.8 Å². The first-order chi connectivity index (χ1) is 12.9. The monoisotopic (exact) mass is 454 g/mol. The number of carbonyl (C=O) groups is 2. The second-order valence-electron chi connectivity index (χ2n) is 6.07. The van der Waals surface area contributed by atoms with E-state index in [4.69, 9.17) is 21.1 Å². The van der Waals surface area contributed by atoms with Crippen LogP contribution in [0.2, 0.25) is 5.02 Å². The molecule has 2 aromatic carbocycles. The molecule has 0 saturated heterocycles. The number of nitrogens with one attached hydrogen (secondary N) is 2. The first-order valence-electron chi connectivity index (χ1n) is 8.25. The maximum atomic E-state index is 12.2. The standard InChI is InChI=1S/C19H20BrClN2O4/c1-12(2)10-26-16-8-7-13(9-14(16)20)19(25)23-22-18(24)11-27-17-6-4-3-5-15(17)21/h3-9,12H,10-11H2,1-2H3,(H,22,24)(H,23,25). The molecule has 0 fully saturated rings. The normalized spacial score (nSPS) is 10.4. The predicted molar refractivity (Wildman–Crippen MR) is 107 cm³/mol. The van der Waals surface area contributed by atoms with Gasteiger partial charge in [-0.2, -0.15) is 0 Å². The lowest BCUT2D eigenvalue weighted by Crippen LogP contribution is -2.43. The van der Waals surface area contributed by atoms with Gasteiger partial charge < -0.3 is 9.47 Å². The highest BCUT2D eigenvalue weighted by atomic mass is 79.9. The van der Waals surface area contributed by atoms with Gasteiger partial charge in [-0.15, -0.1) is 0 Å². The molecule has 0 aliphatic carbocycles. The van der Waals surface area contributed by atoms with Gasteiger partial charge >= 0.3 is 0 Å². The van der Waals surface area contributed by atoms with E-state index >= 15 is 0 Å². The average Bonchev–Trinajstić information content (AvgIpc) is 2.64. The van der Waals surface area contributed by atoms with Crippen LogP contribution in [0.5, 0.6) is 11.5 Å². The number of para-hydroxylation sites is 1. The fourth-order valence-electron chi connectivity index (χ4n) is 1.96. The van der Waals surface area contributed by atoms with Crippen LogP contribution in [0.1, 0.15) is 24.2 Å². The second-order valence-corrected chi connectivity index (χ2v) is 7.33. The molecular weight excluding hydrogens is 436 g/mol. The Morgan fingerprint density at radius 2 is 1.81 bits per heavy atom. The molecule has 144 valence electrons. The molecule has 0 aliphatic rings. The molecule has 2 amide bonds. The number of benzene rings is 2. The molecule has 0 aromatic heterocycles. The lowest BCUT2D eigenvalue weighted by Gasteiger charge is -2.12. The summed E-state index contributed by atoms with van der Waals surface area (Å²) < 4.78 is 11.6. The Balaban J connectivity index is 1.83. The van der Waals surface area contributed by atoms with E-state index in [1.807, 2.05) is 13.8 Å². The van der Waals surface area contributed by atoms with Gasteiger partial charge in [-0.25, -0.2) is 0 Å². The van der Waals surface area contributed by atoms with Crippen molar-refractivity contribution in [3.05, 3.63) is 57.5 Å². The molecule has 2 aromatic rings. The minimum atomic E-state index is -0.515. The summed E-state index contributed by atoms with van der Waals surface area (Å²) in [6.45, 7) is 4.39. The van der Waals surface area contributed by atoms with Gasteiger partial charge in [-0.05, 0) is 52.2 Å². The molecule has 6 nitrogen and oxygen atoms in total. The van der Waals surface area contributed by atoms with E-state index in [0.29, 0.717) is 39.1 Å². The fraction of sp³-hybridized carbons (Fsp3) is 0.263. The van der Waals surface area contributed by atoms with Gasteiger partial charge in [0.1, 0.15) is 11.5 Å². The topological polar surface area (TPSA) is 76.7 Å². The molecule has 0 saturated carbocycles. The number of amides is 2. The summed E-state index contributed by atoms with van der Waals surface area (Å²) in [4.78, 5) is 24.0. The highest BCUT2D eigenvalue weighted by Gasteiger charge is 2.11. The molecule has 0 unspecified atom stereocenters. The van der Waals surface area contributed by atoms with Crippen molar-refractivity contribution in [3.63, 3.8) is 0 Å². The molecule has 0 radical (unpaired) electrons. The highest BCUT2D eigenvalue weighted by molar-refractivity contribution is 9.10. The molecule has 0 atom stereocenters. The number of rotatable bonds is 7. The number of ether oxygens (including phenoxy) is 2. The molecule has 0 bridgehead atoms. The van der Waals surface area contributed by atoms with Crippen LogP contribution in [0.25, 0.3) is 0 Å². The maximum Gasteiger partial charge on any atom is 0.276 e. The third kappa shape index (κ3) is 6.77. The first-order valence-corrected chi connectivity index (χ1v) is 9.42. The molecule has 0 aliphatic heterocycles. The Hall–Kier alpha value is -2.25. The van der Waals surface area contributed by atoms with Crippen LogP contribution in [0, 0.1) is 5.92 Å². The first kappa shape index (κ1) is 21.1. The fourth-order valence-corrected chi connectivity index (χ4v) is 2.64. The number of carbonyl (C=O) groups excluding carboxylic acids is 2. The Kier molecular flexibility index (Phi) is 7.94. The quantitative estimate of drug-likeness (QED) is 0.619. The van der Waals surface area contributed by atoms with E-state index in [-0.39, 0.29) is 6.61 Å². The summed E-state index contributed by atoms with van der Waals surface area (Å²) in [7, 11) is 0. The van der Waals surface area contributed by atoms with Gasteiger partial charge in [0.15, 0.2) is 6.61 Å². The van der Waals surface area contributed by atoms with Crippen LogP contribution < -0.4 is 20.3 Å². The van der Waals surface area contributed by atoms with E-state index in [9.17, 15) is 9.59 Å². The number of hydrazine groups is 1. The van der Waals surface area contributed by atoms with Gasteiger partial charge in [0, 0.05) is 5.56 Å². The lowest BCUT2D eigenvalue weighted by atomic mass is 10.2. The van der Waals surface area contributed by atoms with Gasteiger partial charge in [-0.1, -0.05) is 37.6 Å². The van der Waals surface area contributed by atoms with Crippen molar-refractivity contribution in [1.82, 2.24) is 10.9 Å². The molecule has 2 rings (SSSR count). The Bertz CT molecular complexity index is 814. The number of hydrogen-bond donors (Lipinski definition) is 2. The van der Waals surface area contributed by atoms with Gasteiger partial charge in [-0.3, -0.25) is 20.4 Å². The van der Waals surface area contributed by atoms with Crippen molar-refractivity contribution in [2.24, 2.45) is 5.92 Å². The Labute approximate surface area is 171 Å². The van der Waals surface area contributed by atoms with Crippen LogP contribution >= 0.6 is 27.5 Å². The van der Waals surface area contributed by atoms with E-state index < -0.39 is 11.8 Å². The summed E-state index contributed by atoms with van der Waals surface area (Å²) in [5, 5.41) is 0.402. The molecule has 0 spiro atoms. The van der Waals surface area contributed by atoms with E-state index in [1.165, 1.54) is 0 Å². The third-order valence-electron chi connectivity index (χ3n) is 3.28. The zero-order valence-corrected chi connectivity index (χ0v) is 17.3. The van der Waals surface area contributed by atoms with E-state index in [0.717, 1.165) is 0 Å². The van der Waals surface area contributed by atoms with Crippen LogP contribution in [0.4, 0.5) is 0 Å². The summed E-state index contributed by atoms with van der Waals surface area (Å²) in [6, 6.07) is 11.7. The number of halogens is 2. The van der Waals surface area contributed by atoms with Crippen LogP contribution in [-0.4, -0.2) is 25.0 Å². The van der Waals surface area contributed by atoms with E-state index in [1.54, 1.807) is 42.5 Å². The van der Waals surface area contributed by atoms with Gasteiger partial charge in [0.25, 0.3) is 11.8 Å². The molecule has 2 N–H and O–H groups in total. The van der Waals surface area contributed by atoms with Crippen LogP contribution in [-0.2, 0) is 4.79 Å². The zero-order valence-electron chi connectivity index (χ0n) is 14.9. The SMILES string of the molecule is CC(C)COc1ccc(C(=O)NNC(=O)COc2ccccc2Cl)cc1Br. The summed E-state index contributed by atoms with van der Waals surface area (Å²) in [5.41, 5.74) is 4.99. The summed E-state index contributed by atoms with van der Waals surface area (Å²) in [6.07, 6.45) is 0. The van der Waals surface area contributed by atoms with Gasteiger partial charge in [0.2, 0.25) is 0 Å². The second kappa shape index (κ2) is 10.2. The van der Waals surface area contributed by atoms with Crippen molar-refractivity contribution in [3.8, 4) is 11.5 Å². The highest BCUT2D eigenvalue weighted by Crippen LogP contribution is 2.26. The largest absolute Gasteiger partial charge is 0.492 e. The van der Waals surface area contributed by atoms with Crippen LogP contribution in [0.3, 0.4) is 0 Å². The number of hydrogen-bond acceptors (Lipinski definition) is 4. The minimum absolute atomic E-state index is 0.282. The minimum Gasteiger partial charge on any atom is -0.492 e. The average molecular weight is 456 g/mol. The Morgan fingerprint density at radius 3 is 2.48 bits per heavy atom. The van der Waals surface area contributed by atoms with Crippen molar-refractivity contribution >= 4 is 39.3 Å². The zero-order chi connectivity index (χ0) is 19.8. The summed E-state index contributed by atoms with van der Waals surface area (Å²) >= 11 is 9.32. The van der Waals surface area contributed by atoms with Crippen molar-refractivity contribution < 1.29 is 19.1 Å². The molecule has 27 heavy (non-hydrogen) atoms. The third-order valence-corrected chi connectivity index (χ3v) is 4.21. The molecular formula is C19H20BrClN2O4. The van der Waals surface area contributed by atoms with Crippen molar-refractivity contribution in [2.45, 2.75) is 13.8 Å². The van der Waals surface area contributed by atoms with Crippen molar-refractivity contribution in [1.29, 1.82) is 0 Å². The lowest BCUT2D eigenvalue weighted by molar-refractivity contribution is -0.123. The summed E-state index contributed by atoms with van der Waals surface area (Å²) in [5.74, 6) is 0.457. The maximum absolute atomic E-state index is 12.2. The smallest absolute Gasteiger partial charge is 0.276 e. The molecule has 8 heteroatoms. The van der Waals surface area contributed by atoms with Crippen LogP contribution in [0.15, 0.2) is 46.9 Å². The van der Waals surface area contributed by atoms with Gasteiger partial charge in [0.05, 0.1) is 16.1 Å². The predicted octanol–water partition coefficient (Wildman–Crippen LogP) is 3.98.